The van der Waals surface area contributed by atoms with Crippen LogP contribution in [0, 0.1) is 0 Å². The zero-order valence-electron chi connectivity index (χ0n) is 16.1. The van der Waals surface area contributed by atoms with Gasteiger partial charge < -0.3 is 14.8 Å². The first kappa shape index (κ1) is 19.8. The fraction of sp³-hybridized carbons (Fsp3) is 0.286. The van der Waals surface area contributed by atoms with Crippen LogP contribution < -0.4 is 10.2 Å². The molecule has 2 aromatic carbocycles. The number of halogens is 1. The zero-order chi connectivity index (χ0) is 20.2. The summed E-state index contributed by atoms with van der Waals surface area (Å²) in [5.41, 5.74) is 2.95. The summed E-state index contributed by atoms with van der Waals surface area (Å²) >= 11 is 7.30. The van der Waals surface area contributed by atoms with Crippen molar-refractivity contribution in [3.63, 3.8) is 0 Å². The summed E-state index contributed by atoms with van der Waals surface area (Å²) in [5.74, 6) is 0.933. The minimum Gasteiger partial charge on any atom is -0.372 e. The van der Waals surface area contributed by atoms with E-state index in [0.717, 1.165) is 30.2 Å². The van der Waals surface area contributed by atoms with Crippen LogP contribution in [0.1, 0.15) is 12.8 Å². The molecule has 0 aliphatic carbocycles. The summed E-state index contributed by atoms with van der Waals surface area (Å²) in [7, 11) is 1.89. The van der Waals surface area contributed by atoms with Crippen LogP contribution >= 0.6 is 23.4 Å². The summed E-state index contributed by atoms with van der Waals surface area (Å²) in [5, 5.41) is 12.8. The Morgan fingerprint density at radius 3 is 2.45 bits per heavy atom. The minimum atomic E-state index is -0.0695. The van der Waals surface area contributed by atoms with Gasteiger partial charge in [0.2, 0.25) is 5.91 Å². The van der Waals surface area contributed by atoms with Crippen molar-refractivity contribution in [2.24, 2.45) is 7.05 Å². The molecule has 2 heterocycles. The molecule has 1 N–H and O–H groups in total. The number of amides is 1. The maximum atomic E-state index is 12.3. The monoisotopic (exact) mass is 427 g/mol. The van der Waals surface area contributed by atoms with Crippen LogP contribution in [-0.2, 0) is 11.8 Å². The second-order valence-corrected chi connectivity index (χ2v) is 8.33. The van der Waals surface area contributed by atoms with Crippen LogP contribution in [-0.4, -0.2) is 39.5 Å². The van der Waals surface area contributed by atoms with E-state index >= 15 is 0 Å². The van der Waals surface area contributed by atoms with Crippen molar-refractivity contribution < 1.29 is 4.79 Å². The summed E-state index contributed by atoms with van der Waals surface area (Å²) < 4.78 is 1.88. The maximum absolute atomic E-state index is 12.3. The quantitative estimate of drug-likeness (QED) is 0.588. The SMILES string of the molecule is Cn1c(SCC(=O)Nc2ccc(N3CCCC3)cc2)nnc1-c1ccc(Cl)cc1. The number of benzene rings is 2. The topological polar surface area (TPSA) is 63.1 Å². The highest BCUT2D eigenvalue weighted by Gasteiger charge is 2.14. The maximum Gasteiger partial charge on any atom is 0.234 e. The highest BCUT2D eigenvalue weighted by molar-refractivity contribution is 7.99. The zero-order valence-corrected chi connectivity index (χ0v) is 17.7. The van der Waals surface area contributed by atoms with Gasteiger partial charge in [-0.15, -0.1) is 10.2 Å². The van der Waals surface area contributed by atoms with Crippen molar-refractivity contribution >= 4 is 40.6 Å². The number of rotatable bonds is 6. The first-order valence-electron chi connectivity index (χ1n) is 9.53. The number of nitrogens with one attached hydrogen (secondary N) is 1. The van der Waals surface area contributed by atoms with Gasteiger partial charge in [-0.3, -0.25) is 4.79 Å². The van der Waals surface area contributed by atoms with E-state index in [1.807, 2.05) is 48.0 Å². The van der Waals surface area contributed by atoms with Crippen LogP contribution in [0.2, 0.25) is 5.02 Å². The van der Waals surface area contributed by atoms with Crippen LogP contribution in [0.15, 0.2) is 53.7 Å². The van der Waals surface area contributed by atoms with E-state index in [1.54, 1.807) is 0 Å². The number of carbonyl (C=O) groups excluding carboxylic acids is 1. The van der Waals surface area contributed by atoms with Gasteiger partial charge in [0.1, 0.15) is 0 Å². The molecule has 8 heteroatoms. The number of thioether (sulfide) groups is 1. The molecule has 0 unspecified atom stereocenters. The second kappa shape index (κ2) is 8.88. The lowest BCUT2D eigenvalue weighted by Crippen LogP contribution is -2.18. The molecule has 1 aliphatic heterocycles. The Bertz CT molecular complexity index is 981. The first-order valence-corrected chi connectivity index (χ1v) is 10.9. The molecule has 0 bridgehead atoms. The van der Waals surface area contributed by atoms with Crippen molar-refractivity contribution in [3.8, 4) is 11.4 Å². The third-order valence-electron chi connectivity index (χ3n) is 4.89. The van der Waals surface area contributed by atoms with Gasteiger partial charge in [0.25, 0.3) is 0 Å². The number of carbonyl (C=O) groups is 1. The number of hydrogen-bond acceptors (Lipinski definition) is 5. The third-order valence-corrected chi connectivity index (χ3v) is 6.16. The molecular formula is C21H22ClN5OS. The lowest BCUT2D eigenvalue weighted by molar-refractivity contribution is -0.113. The second-order valence-electron chi connectivity index (χ2n) is 6.95. The largest absolute Gasteiger partial charge is 0.372 e. The fourth-order valence-electron chi connectivity index (χ4n) is 3.35. The number of aromatic nitrogens is 3. The van der Waals surface area contributed by atoms with Crippen molar-refractivity contribution in [1.29, 1.82) is 0 Å². The molecule has 29 heavy (non-hydrogen) atoms. The fourth-order valence-corrected chi connectivity index (χ4v) is 4.19. The van der Waals surface area contributed by atoms with E-state index in [9.17, 15) is 4.79 Å². The Balaban J connectivity index is 1.33. The molecule has 0 atom stereocenters. The third kappa shape index (κ3) is 4.74. The lowest BCUT2D eigenvalue weighted by atomic mass is 10.2. The van der Waals surface area contributed by atoms with Gasteiger partial charge in [-0.2, -0.15) is 0 Å². The van der Waals surface area contributed by atoms with Gasteiger partial charge in [0.15, 0.2) is 11.0 Å². The standard InChI is InChI=1S/C21H22ClN5OS/c1-26-20(15-4-6-16(22)7-5-15)24-25-21(26)29-14-19(28)23-17-8-10-18(11-9-17)27-12-2-3-13-27/h4-11H,2-3,12-14H2,1H3,(H,23,28). The molecule has 0 saturated carbocycles. The normalized spacial score (nSPS) is 13.7. The molecule has 1 aliphatic rings. The van der Waals surface area contributed by atoms with Gasteiger partial charge in [0, 0.05) is 42.1 Å². The Labute approximate surface area is 179 Å². The summed E-state index contributed by atoms with van der Waals surface area (Å²) in [4.78, 5) is 14.7. The van der Waals surface area contributed by atoms with E-state index in [4.69, 9.17) is 11.6 Å². The first-order chi connectivity index (χ1) is 14.1. The summed E-state index contributed by atoms with van der Waals surface area (Å²) in [6.45, 7) is 2.22. The molecule has 150 valence electrons. The summed E-state index contributed by atoms with van der Waals surface area (Å²) in [6.07, 6.45) is 2.50. The van der Waals surface area contributed by atoms with E-state index < -0.39 is 0 Å². The van der Waals surface area contributed by atoms with Crippen molar-refractivity contribution in [1.82, 2.24) is 14.8 Å². The van der Waals surface area contributed by atoms with E-state index in [2.05, 4.69) is 32.5 Å². The average molecular weight is 428 g/mol. The Morgan fingerprint density at radius 1 is 1.07 bits per heavy atom. The minimum absolute atomic E-state index is 0.0695. The summed E-state index contributed by atoms with van der Waals surface area (Å²) in [6, 6.07) is 15.5. The van der Waals surface area contributed by atoms with Crippen LogP contribution in [0.25, 0.3) is 11.4 Å². The Kier molecular flexibility index (Phi) is 6.06. The number of nitrogens with zero attached hydrogens (tertiary/aromatic N) is 4. The van der Waals surface area contributed by atoms with Gasteiger partial charge >= 0.3 is 0 Å². The molecule has 0 spiro atoms. The smallest absolute Gasteiger partial charge is 0.234 e. The van der Waals surface area contributed by atoms with Gasteiger partial charge in [-0.05, 0) is 61.4 Å². The van der Waals surface area contributed by atoms with Crippen LogP contribution in [0.3, 0.4) is 0 Å². The molecule has 1 amide bonds. The molecule has 1 saturated heterocycles. The lowest BCUT2D eigenvalue weighted by Gasteiger charge is -2.17. The van der Waals surface area contributed by atoms with Crippen LogP contribution in [0.4, 0.5) is 11.4 Å². The van der Waals surface area contributed by atoms with Crippen molar-refractivity contribution in [2.75, 3.05) is 29.1 Å². The Morgan fingerprint density at radius 2 is 1.76 bits per heavy atom. The van der Waals surface area contributed by atoms with Crippen molar-refractivity contribution in [2.45, 2.75) is 18.0 Å². The van der Waals surface area contributed by atoms with E-state index in [0.29, 0.717) is 10.2 Å². The van der Waals surface area contributed by atoms with Gasteiger partial charge in [-0.25, -0.2) is 0 Å². The molecule has 3 aromatic rings. The molecule has 0 radical (unpaired) electrons. The van der Waals surface area contributed by atoms with Gasteiger partial charge in [-0.1, -0.05) is 23.4 Å². The van der Waals surface area contributed by atoms with Crippen molar-refractivity contribution in [3.05, 3.63) is 53.6 Å². The predicted octanol–water partition coefficient (Wildman–Crippen LogP) is 4.47. The number of hydrogen-bond donors (Lipinski definition) is 1. The van der Waals surface area contributed by atoms with Crippen LogP contribution in [0.5, 0.6) is 0 Å². The molecule has 1 fully saturated rings. The average Bonchev–Trinajstić information content (AvgIpc) is 3.38. The predicted molar refractivity (Wildman–Crippen MR) is 119 cm³/mol. The van der Waals surface area contributed by atoms with Gasteiger partial charge in [0.05, 0.1) is 5.75 Å². The van der Waals surface area contributed by atoms with E-state index in [1.165, 1.54) is 30.3 Å². The molecular weight excluding hydrogens is 406 g/mol. The highest BCUT2D eigenvalue weighted by Crippen LogP contribution is 2.25. The Hall–Kier alpha value is -2.51. The molecule has 4 rings (SSSR count). The molecule has 6 nitrogen and oxygen atoms in total. The van der Waals surface area contributed by atoms with E-state index in [-0.39, 0.29) is 11.7 Å². The molecule has 1 aromatic heterocycles. The number of anilines is 2. The highest BCUT2D eigenvalue weighted by atomic mass is 35.5.